The number of carbonyl (C=O) groups is 2. The minimum atomic E-state index is -3.77. The van der Waals surface area contributed by atoms with Gasteiger partial charge in [-0.3, -0.25) is 9.59 Å². The van der Waals surface area contributed by atoms with Crippen LogP contribution in [0.1, 0.15) is 42.6 Å². The van der Waals surface area contributed by atoms with Gasteiger partial charge < -0.3 is 25.0 Å². The van der Waals surface area contributed by atoms with Crippen LogP contribution in [0.2, 0.25) is 0 Å². The first-order chi connectivity index (χ1) is 18.8. The molecule has 1 heterocycles. The van der Waals surface area contributed by atoms with E-state index in [4.69, 9.17) is 4.74 Å². The number of aliphatic hydroxyl groups excluding tert-OH is 1. The van der Waals surface area contributed by atoms with E-state index in [0.29, 0.717) is 24.3 Å². The van der Waals surface area contributed by atoms with Gasteiger partial charge in [0.05, 0.1) is 29.7 Å². The summed E-state index contributed by atoms with van der Waals surface area (Å²) in [6, 6.07) is 11.1. The van der Waals surface area contributed by atoms with Gasteiger partial charge in [-0.05, 0) is 71.2 Å². The molecule has 2 N–H and O–H groups in total. The first-order valence-corrected chi connectivity index (χ1v) is 15.0. The fourth-order valence-electron chi connectivity index (χ4n) is 4.54. The van der Waals surface area contributed by atoms with Crippen molar-refractivity contribution in [3.63, 3.8) is 0 Å². The minimum Gasteiger partial charge on any atom is -0.488 e. The highest BCUT2D eigenvalue weighted by Crippen LogP contribution is 2.31. The molecule has 0 radical (unpaired) electrons. The molecule has 0 saturated carbocycles. The van der Waals surface area contributed by atoms with E-state index in [9.17, 15) is 23.1 Å². The zero-order valence-electron chi connectivity index (χ0n) is 24.3. The first kappa shape index (κ1) is 31.5. The van der Waals surface area contributed by atoms with Gasteiger partial charge in [-0.2, -0.15) is 4.31 Å². The maximum atomic E-state index is 13.6. The maximum absolute atomic E-state index is 13.6. The van der Waals surface area contributed by atoms with Crippen molar-refractivity contribution >= 4 is 27.5 Å². The maximum Gasteiger partial charge on any atom is 0.258 e. The SMILES string of the molecule is Cc1ccc(S(=O)(=O)N(C)C[C@H]2Oc3ccc(NC(=O)CCCN(C)C)cc3C(=O)N([C@@H](C)CO)C[C@H]2C)cc1. The summed E-state index contributed by atoms with van der Waals surface area (Å²) in [6.45, 7) is 6.40. The van der Waals surface area contributed by atoms with E-state index in [1.165, 1.54) is 11.4 Å². The number of nitrogens with zero attached hydrogens (tertiary/aromatic N) is 3. The van der Waals surface area contributed by atoms with Gasteiger partial charge in [0.2, 0.25) is 15.9 Å². The molecule has 0 spiro atoms. The van der Waals surface area contributed by atoms with Crippen LogP contribution >= 0.6 is 0 Å². The first-order valence-electron chi connectivity index (χ1n) is 13.5. The number of nitrogens with one attached hydrogen (secondary N) is 1. The number of carbonyl (C=O) groups excluding carboxylic acids is 2. The average Bonchev–Trinajstić information content (AvgIpc) is 2.90. The number of amides is 2. The number of aliphatic hydroxyl groups is 1. The topological polar surface area (TPSA) is 119 Å². The van der Waals surface area contributed by atoms with Crippen LogP contribution in [0.4, 0.5) is 5.69 Å². The number of sulfonamides is 1. The van der Waals surface area contributed by atoms with Crippen LogP contribution < -0.4 is 10.1 Å². The molecule has 10 nitrogen and oxygen atoms in total. The average molecular weight is 575 g/mol. The summed E-state index contributed by atoms with van der Waals surface area (Å²) in [4.78, 5) is 29.9. The molecule has 3 rings (SSSR count). The molecular weight excluding hydrogens is 532 g/mol. The highest BCUT2D eigenvalue weighted by atomic mass is 32.2. The van der Waals surface area contributed by atoms with Gasteiger partial charge in [0, 0.05) is 31.6 Å². The fraction of sp³-hybridized carbons (Fsp3) is 0.517. The van der Waals surface area contributed by atoms with Crippen molar-refractivity contribution in [1.29, 1.82) is 0 Å². The number of benzene rings is 2. The van der Waals surface area contributed by atoms with Crippen LogP contribution in [0.5, 0.6) is 5.75 Å². The summed E-state index contributed by atoms with van der Waals surface area (Å²) >= 11 is 0. The number of hydrogen-bond donors (Lipinski definition) is 2. The minimum absolute atomic E-state index is 0.0523. The number of rotatable bonds is 11. The van der Waals surface area contributed by atoms with E-state index >= 15 is 0 Å². The lowest BCUT2D eigenvalue weighted by molar-refractivity contribution is -0.116. The molecule has 2 amide bonds. The normalized spacial score (nSPS) is 18.6. The van der Waals surface area contributed by atoms with Gasteiger partial charge in [-0.1, -0.05) is 24.6 Å². The molecule has 11 heteroatoms. The lowest BCUT2D eigenvalue weighted by Gasteiger charge is -2.38. The van der Waals surface area contributed by atoms with E-state index in [1.54, 1.807) is 54.3 Å². The Hall–Kier alpha value is -2.99. The second-order valence-corrected chi connectivity index (χ2v) is 12.9. The number of hydrogen-bond acceptors (Lipinski definition) is 7. The Kier molecular flexibility index (Phi) is 10.7. The van der Waals surface area contributed by atoms with Crippen molar-refractivity contribution in [2.75, 3.05) is 52.7 Å². The lowest BCUT2D eigenvalue weighted by Crippen LogP contribution is -2.50. The molecule has 0 aliphatic carbocycles. The summed E-state index contributed by atoms with van der Waals surface area (Å²) < 4.78 is 34.2. The number of ether oxygens (including phenoxy) is 1. The summed E-state index contributed by atoms with van der Waals surface area (Å²) in [6.07, 6.45) is 0.456. The number of fused-ring (bicyclic) bond motifs is 1. The Bertz CT molecular complexity index is 1280. The van der Waals surface area contributed by atoms with Crippen LogP contribution in [-0.2, 0) is 14.8 Å². The van der Waals surface area contributed by atoms with Gasteiger partial charge in [-0.25, -0.2) is 8.42 Å². The van der Waals surface area contributed by atoms with Crippen LogP contribution in [-0.4, -0.2) is 99.0 Å². The highest BCUT2D eigenvalue weighted by Gasteiger charge is 2.35. The molecule has 2 aromatic carbocycles. The van der Waals surface area contributed by atoms with Gasteiger partial charge in [-0.15, -0.1) is 0 Å². The molecule has 0 aromatic heterocycles. The third kappa shape index (κ3) is 7.81. The Labute approximate surface area is 238 Å². The molecular formula is C29H42N4O6S. The molecule has 0 fully saturated rings. The van der Waals surface area contributed by atoms with E-state index in [2.05, 4.69) is 5.32 Å². The Morgan fingerprint density at radius 3 is 2.48 bits per heavy atom. The number of anilines is 1. The molecule has 220 valence electrons. The van der Waals surface area contributed by atoms with Crippen molar-refractivity contribution in [3.8, 4) is 5.75 Å². The summed E-state index contributed by atoms with van der Waals surface area (Å²) in [7, 11) is 1.63. The molecule has 1 aliphatic rings. The molecule has 0 unspecified atom stereocenters. The summed E-state index contributed by atoms with van der Waals surface area (Å²) in [5.74, 6) is -0.441. The Morgan fingerprint density at radius 1 is 1.18 bits per heavy atom. The monoisotopic (exact) mass is 574 g/mol. The largest absolute Gasteiger partial charge is 0.488 e. The second kappa shape index (κ2) is 13.6. The van der Waals surface area contributed by atoms with E-state index in [-0.39, 0.29) is 47.9 Å². The summed E-state index contributed by atoms with van der Waals surface area (Å²) in [5, 5.41) is 12.7. The molecule has 40 heavy (non-hydrogen) atoms. The van der Waals surface area contributed by atoms with E-state index < -0.39 is 22.2 Å². The van der Waals surface area contributed by atoms with E-state index in [1.807, 2.05) is 32.8 Å². The van der Waals surface area contributed by atoms with Crippen molar-refractivity contribution in [1.82, 2.24) is 14.1 Å². The molecule has 3 atom stereocenters. The van der Waals surface area contributed by atoms with Crippen LogP contribution in [0.15, 0.2) is 47.4 Å². The van der Waals surface area contributed by atoms with Gasteiger partial charge in [0.25, 0.3) is 5.91 Å². The standard InChI is InChI=1S/C29H42N4O6S/c1-20-9-12-24(13-10-20)40(37,38)32(6)18-27-21(2)17-33(22(3)19-34)29(36)25-16-23(11-14-26(25)39-27)30-28(35)8-7-15-31(4)5/h9-14,16,21-22,27,34H,7-8,15,17-19H2,1-6H3,(H,30,35)/t21-,22+,27-/m1/s1. The van der Waals surface area contributed by atoms with Gasteiger partial charge >= 0.3 is 0 Å². The predicted octanol–water partition coefficient (Wildman–Crippen LogP) is 2.82. The second-order valence-electron chi connectivity index (χ2n) is 10.9. The summed E-state index contributed by atoms with van der Waals surface area (Å²) in [5.41, 5.74) is 1.67. The van der Waals surface area contributed by atoms with Crippen LogP contribution in [0, 0.1) is 12.8 Å². The van der Waals surface area contributed by atoms with Crippen LogP contribution in [0.3, 0.4) is 0 Å². The quantitative estimate of drug-likeness (QED) is 0.424. The highest BCUT2D eigenvalue weighted by molar-refractivity contribution is 7.89. The third-order valence-electron chi connectivity index (χ3n) is 7.12. The zero-order valence-corrected chi connectivity index (χ0v) is 25.1. The number of likely N-dealkylation sites (N-methyl/N-ethyl adjacent to an activating group) is 1. The molecule has 0 bridgehead atoms. The van der Waals surface area contributed by atoms with Crippen molar-refractivity contribution in [3.05, 3.63) is 53.6 Å². The van der Waals surface area contributed by atoms with Gasteiger partial charge in [0.1, 0.15) is 11.9 Å². The van der Waals surface area contributed by atoms with Crippen molar-refractivity contribution in [2.24, 2.45) is 5.92 Å². The Balaban J connectivity index is 1.89. The van der Waals surface area contributed by atoms with Crippen LogP contribution in [0.25, 0.3) is 0 Å². The fourth-order valence-corrected chi connectivity index (χ4v) is 5.72. The smallest absolute Gasteiger partial charge is 0.258 e. The van der Waals surface area contributed by atoms with Crippen molar-refractivity contribution < 1.29 is 27.9 Å². The molecule has 0 saturated heterocycles. The number of aryl methyl sites for hydroxylation is 1. The van der Waals surface area contributed by atoms with Gasteiger partial charge in [0.15, 0.2) is 0 Å². The lowest BCUT2D eigenvalue weighted by atomic mass is 9.99. The third-order valence-corrected chi connectivity index (χ3v) is 8.96. The Morgan fingerprint density at radius 2 is 1.85 bits per heavy atom. The van der Waals surface area contributed by atoms with E-state index in [0.717, 1.165) is 12.1 Å². The molecule has 1 aliphatic heterocycles. The zero-order chi connectivity index (χ0) is 29.6. The van der Waals surface area contributed by atoms with Crippen molar-refractivity contribution in [2.45, 2.75) is 50.7 Å². The molecule has 2 aromatic rings. The predicted molar refractivity (Wildman–Crippen MR) is 155 cm³/mol.